The highest BCUT2D eigenvalue weighted by atomic mass is 19.2. The van der Waals surface area contributed by atoms with Crippen molar-refractivity contribution in [3.63, 3.8) is 0 Å². The van der Waals surface area contributed by atoms with Crippen LogP contribution in [0.25, 0.3) is 6.08 Å². The van der Waals surface area contributed by atoms with Crippen LogP contribution in [0.2, 0.25) is 0 Å². The first-order valence-corrected chi connectivity index (χ1v) is 25.5. The summed E-state index contributed by atoms with van der Waals surface area (Å²) >= 11 is 0. The van der Waals surface area contributed by atoms with Crippen LogP contribution >= 0.6 is 0 Å². The zero-order valence-corrected chi connectivity index (χ0v) is 45.3. The Morgan fingerprint density at radius 2 is 0.714 bits per heavy atom. The molecule has 0 fully saturated rings. The van der Waals surface area contributed by atoms with Gasteiger partial charge in [-0.1, -0.05) is 159 Å². The maximum Gasteiger partial charge on any atom is 0.161 e. The predicted molar refractivity (Wildman–Crippen MR) is 296 cm³/mol. The second-order valence-corrected chi connectivity index (χ2v) is 16.6. The van der Waals surface area contributed by atoms with Gasteiger partial charge in [0.05, 0.1) is 0 Å². The summed E-state index contributed by atoms with van der Waals surface area (Å²) in [5.41, 5.74) is 8.14. The topological polar surface area (TPSA) is 0 Å². The number of hydrogen-bond acceptors (Lipinski definition) is 0. The molecule has 11 heteroatoms. The van der Waals surface area contributed by atoms with Crippen molar-refractivity contribution in [2.45, 2.75) is 107 Å². The number of benzene rings is 8. The molecule has 0 atom stereocenters. The maximum atomic E-state index is 12.6. The Bertz CT molecular complexity index is 2870. The van der Waals surface area contributed by atoms with E-state index in [0.717, 1.165) is 73.1 Å². The highest BCUT2D eigenvalue weighted by Gasteiger charge is 2.04. The molecular weight excluding hydrogens is 1000 g/mol. The lowest BCUT2D eigenvalue weighted by Crippen LogP contribution is -1.90. The van der Waals surface area contributed by atoms with E-state index in [4.69, 9.17) is 0 Å². The maximum absolute atomic E-state index is 12.6. The Balaban J connectivity index is 0.000000440. The Kier molecular flexibility index (Phi) is 34.5. The minimum absolute atomic E-state index is 0.0972. The van der Waals surface area contributed by atoms with E-state index in [1.807, 2.05) is 65.8 Å². The third-order valence-electron chi connectivity index (χ3n) is 11.1. The van der Waals surface area contributed by atoms with E-state index in [-0.39, 0.29) is 17.5 Å². The van der Waals surface area contributed by atoms with Crippen molar-refractivity contribution >= 4 is 6.08 Å². The van der Waals surface area contributed by atoms with Crippen LogP contribution in [-0.2, 0) is 51.4 Å². The molecule has 412 valence electrons. The third-order valence-corrected chi connectivity index (χ3v) is 11.1. The van der Waals surface area contributed by atoms with Gasteiger partial charge in [-0.2, -0.15) is 0 Å². The van der Waals surface area contributed by atoms with Gasteiger partial charge in [-0.3, -0.25) is 0 Å². The molecule has 0 heterocycles. The molecule has 0 saturated carbocycles. The fraction of sp³-hybridized carbons (Fsp3) is 0.242. The monoisotopic (exact) mass is 1070 g/mol. The minimum Gasteiger partial charge on any atom is -0.207 e. The van der Waals surface area contributed by atoms with E-state index >= 15 is 0 Å². The summed E-state index contributed by atoms with van der Waals surface area (Å²) in [6.07, 6.45) is 8.16. The van der Waals surface area contributed by atoms with Gasteiger partial charge in [0.25, 0.3) is 0 Å². The molecule has 0 amide bonds. The summed E-state index contributed by atoms with van der Waals surface area (Å²) in [5.74, 6) is -5.41. The van der Waals surface area contributed by atoms with Crippen molar-refractivity contribution < 1.29 is 48.3 Å². The SMILES string of the molecule is C=Cc1ccccc1CC.CCc1cc(F)cc(F)c1.CCc1ccc(F)c(F)c1.CCc1ccc(F)cc1.CCc1ccc(F)cc1F.CCc1cccc(F)c1.CCc1cccc(F)c1F.CCc1ccccc1F. The zero-order chi connectivity index (χ0) is 57.7. The second-order valence-electron chi connectivity index (χ2n) is 16.6. The van der Waals surface area contributed by atoms with Crippen molar-refractivity contribution in [1.82, 2.24) is 0 Å². The highest BCUT2D eigenvalue weighted by molar-refractivity contribution is 5.51. The van der Waals surface area contributed by atoms with Gasteiger partial charge in [0.15, 0.2) is 23.3 Å². The molecule has 0 aliphatic carbocycles. The zero-order valence-electron chi connectivity index (χ0n) is 45.3. The fourth-order valence-corrected chi connectivity index (χ4v) is 6.52. The standard InChI is InChI=1S/C10H12.4C8H8F2.3C8H9F/c1-3-9-7-5-6-8-10(9)4-2;1-2-6-3-7(9)5-8(10)4-6;1-2-6-3-4-7(9)5-8(6)10;1-2-6-3-4-7(9)8(10)5-6;1-2-6-4-3-5-7(9)8(6)10;1-2-7-3-5-8(9)6-4-7;1-2-7-4-3-5-8(9)6-7;1-2-7-5-3-4-6-8(7)9/h3,5-8H,1,4H2,2H3;4*3-5H,2H2,1H3;3*3-6H,2H2,1H3. The van der Waals surface area contributed by atoms with Crippen molar-refractivity contribution in [2.75, 3.05) is 0 Å². The van der Waals surface area contributed by atoms with E-state index in [1.165, 1.54) is 77.4 Å². The van der Waals surface area contributed by atoms with Crippen molar-refractivity contribution in [2.24, 2.45) is 0 Å². The fourth-order valence-electron chi connectivity index (χ4n) is 6.52. The third kappa shape index (κ3) is 27.9. The molecule has 0 aliphatic heterocycles. The van der Waals surface area contributed by atoms with Crippen LogP contribution in [0.3, 0.4) is 0 Å². The number of halogens is 11. The van der Waals surface area contributed by atoms with E-state index < -0.39 is 46.5 Å². The summed E-state index contributed by atoms with van der Waals surface area (Å²) in [7, 11) is 0. The molecule has 8 aromatic rings. The van der Waals surface area contributed by atoms with Crippen LogP contribution < -0.4 is 0 Å². The average Bonchev–Trinajstić information content (AvgIpc) is 3.43. The molecule has 0 bridgehead atoms. The number of aryl methyl sites for hydroxylation is 8. The number of rotatable bonds is 9. The molecule has 0 unspecified atom stereocenters. The van der Waals surface area contributed by atoms with Crippen molar-refractivity contribution in [1.29, 1.82) is 0 Å². The van der Waals surface area contributed by atoms with Crippen LogP contribution in [0.4, 0.5) is 48.3 Å². The van der Waals surface area contributed by atoms with Crippen LogP contribution in [0, 0.1) is 64.0 Å². The molecule has 0 radical (unpaired) electrons. The molecule has 8 aromatic carbocycles. The Labute approximate surface area is 450 Å². The lowest BCUT2D eigenvalue weighted by Gasteiger charge is -1.99. The van der Waals surface area contributed by atoms with Gasteiger partial charge in [0.2, 0.25) is 0 Å². The average molecular weight is 1070 g/mol. The van der Waals surface area contributed by atoms with Gasteiger partial charge in [0, 0.05) is 12.1 Å². The highest BCUT2D eigenvalue weighted by Crippen LogP contribution is 2.14. The van der Waals surface area contributed by atoms with E-state index in [2.05, 4.69) is 31.7 Å². The second kappa shape index (κ2) is 39.2. The molecule has 0 aliphatic rings. The number of hydrogen-bond donors (Lipinski definition) is 0. The first-order chi connectivity index (χ1) is 36.8. The Hall–Kier alpha value is -7.27. The van der Waals surface area contributed by atoms with Gasteiger partial charge in [-0.05, 0) is 168 Å². The van der Waals surface area contributed by atoms with Gasteiger partial charge in [-0.25, -0.2) is 48.3 Å². The first-order valence-electron chi connectivity index (χ1n) is 25.5. The van der Waals surface area contributed by atoms with Crippen LogP contribution in [0.5, 0.6) is 0 Å². The van der Waals surface area contributed by atoms with E-state index in [0.29, 0.717) is 36.0 Å². The molecule has 0 nitrogen and oxygen atoms in total. The molecule has 0 saturated heterocycles. The minimum atomic E-state index is -0.780. The van der Waals surface area contributed by atoms with Crippen LogP contribution in [-0.4, -0.2) is 0 Å². The van der Waals surface area contributed by atoms with Gasteiger partial charge in [-0.15, -0.1) is 0 Å². The lowest BCUT2D eigenvalue weighted by molar-refractivity contribution is 0.500. The summed E-state index contributed by atoms with van der Waals surface area (Å²) in [5, 5.41) is 0. The normalized spacial score (nSPS) is 9.70. The summed E-state index contributed by atoms with van der Waals surface area (Å²) < 4.78 is 136. The lowest BCUT2D eigenvalue weighted by atomic mass is 10.1. The predicted octanol–water partition coefficient (Wildman–Crippen LogP) is 20.2. The van der Waals surface area contributed by atoms with Crippen LogP contribution in [0.1, 0.15) is 105 Å². The van der Waals surface area contributed by atoms with Gasteiger partial charge < -0.3 is 0 Å². The van der Waals surface area contributed by atoms with Gasteiger partial charge >= 0.3 is 0 Å². The Morgan fingerprint density at radius 3 is 1.17 bits per heavy atom. The molecule has 0 spiro atoms. The molecule has 8 rings (SSSR count). The molecule has 77 heavy (non-hydrogen) atoms. The van der Waals surface area contributed by atoms with Gasteiger partial charge in [0.1, 0.15) is 40.7 Å². The molecular formula is C66H71F11. The molecule has 0 N–H and O–H groups in total. The Morgan fingerprint density at radius 1 is 0.273 bits per heavy atom. The van der Waals surface area contributed by atoms with E-state index in [1.54, 1.807) is 55.5 Å². The van der Waals surface area contributed by atoms with Crippen LogP contribution in [0.15, 0.2) is 176 Å². The smallest absolute Gasteiger partial charge is 0.161 e. The van der Waals surface area contributed by atoms with Crippen molar-refractivity contribution in [3.8, 4) is 0 Å². The quantitative estimate of drug-likeness (QED) is 0.126. The summed E-state index contributed by atoms with van der Waals surface area (Å²) in [6, 6.07) is 43.7. The summed E-state index contributed by atoms with van der Waals surface area (Å²) in [6.45, 7) is 19.3. The van der Waals surface area contributed by atoms with E-state index in [9.17, 15) is 48.3 Å². The first kappa shape index (κ1) is 67.7. The summed E-state index contributed by atoms with van der Waals surface area (Å²) in [4.78, 5) is 0. The molecule has 0 aromatic heterocycles. The largest absolute Gasteiger partial charge is 0.207 e. The van der Waals surface area contributed by atoms with Crippen molar-refractivity contribution in [3.05, 3.63) is 290 Å².